The van der Waals surface area contributed by atoms with E-state index in [9.17, 15) is 9.59 Å². The Morgan fingerprint density at radius 1 is 0.667 bits per heavy atom. The molecule has 152 valence electrons. The number of carbonyl (C=O) groups excluding carboxylic acids is 1. The van der Waals surface area contributed by atoms with Gasteiger partial charge in [0.15, 0.2) is 5.78 Å². The monoisotopic (exact) mass is 402 g/mol. The lowest BCUT2D eigenvalue weighted by molar-refractivity contribution is 0.0695. The van der Waals surface area contributed by atoms with Crippen LogP contribution >= 0.6 is 0 Å². The number of carboxylic acid groups (broad SMARTS) is 1. The van der Waals surface area contributed by atoms with Gasteiger partial charge in [-0.3, -0.25) is 4.79 Å². The molecule has 0 unspecified atom stereocenters. The Morgan fingerprint density at radius 2 is 1.10 bits per heavy atom. The molecular weight excluding hydrogens is 380 g/mol. The molecule has 0 radical (unpaired) electrons. The Balaban J connectivity index is 0.000000171. The molecule has 0 amide bonds. The molecule has 5 nitrogen and oxygen atoms in total. The predicted octanol–water partition coefficient (Wildman–Crippen LogP) is 5.60. The number of methoxy groups -OCH3 is 2. The van der Waals surface area contributed by atoms with Crippen molar-refractivity contribution in [2.75, 3.05) is 14.2 Å². The third-order valence-corrected chi connectivity index (χ3v) is 4.79. The maximum atomic E-state index is 11.6. The predicted molar refractivity (Wildman–Crippen MR) is 118 cm³/mol. The van der Waals surface area contributed by atoms with Gasteiger partial charge in [-0.1, -0.05) is 60.7 Å². The summed E-state index contributed by atoms with van der Waals surface area (Å²) in [6, 6.07) is 22.5. The highest BCUT2D eigenvalue weighted by molar-refractivity contribution is 6.09. The van der Waals surface area contributed by atoms with Crippen LogP contribution in [0.4, 0.5) is 0 Å². The van der Waals surface area contributed by atoms with E-state index < -0.39 is 5.97 Å². The van der Waals surface area contributed by atoms with Crippen LogP contribution in [0.25, 0.3) is 21.5 Å². The molecule has 0 spiro atoms. The smallest absolute Gasteiger partial charge is 0.340 e. The van der Waals surface area contributed by atoms with Crippen molar-refractivity contribution < 1.29 is 24.2 Å². The van der Waals surface area contributed by atoms with E-state index in [2.05, 4.69) is 0 Å². The molecule has 0 aromatic heterocycles. The average molecular weight is 402 g/mol. The van der Waals surface area contributed by atoms with Crippen LogP contribution in [0.15, 0.2) is 72.8 Å². The topological polar surface area (TPSA) is 72.8 Å². The molecule has 0 heterocycles. The lowest BCUT2D eigenvalue weighted by Crippen LogP contribution is -2.01. The number of aromatic carboxylic acids is 1. The zero-order chi connectivity index (χ0) is 21.7. The van der Waals surface area contributed by atoms with Crippen LogP contribution in [0.2, 0.25) is 0 Å². The largest absolute Gasteiger partial charge is 0.496 e. The normalized spacial score (nSPS) is 10.2. The lowest BCUT2D eigenvalue weighted by atomic mass is 10.0. The highest BCUT2D eigenvalue weighted by atomic mass is 16.5. The Bertz CT molecular complexity index is 1130. The first-order valence-corrected chi connectivity index (χ1v) is 9.33. The number of ketones is 1. The summed E-state index contributed by atoms with van der Waals surface area (Å²) < 4.78 is 10.2. The zero-order valence-electron chi connectivity index (χ0n) is 17.0. The van der Waals surface area contributed by atoms with E-state index in [-0.39, 0.29) is 11.3 Å². The van der Waals surface area contributed by atoms with Crippen LogP contribution in [-0.4, -0.2) is 31.1 Å². The van der Waals surface area contributed by atoms with Crippen molar-refractivity contribution in [1.29, 1.82) is 0 Å². The fourth-order valence-corrected chi connectivity index (χ4v) is 3.43. The maximum Gasteiger partial charge on any atom is 0.340 e. The van der Waals surface area contributed by atoms with Crippen molar-refractivity contribution in [2.45, 2.75) is 6.92 Å². The lowest BCUT2D eigenvalue weighted by Gasteiger charge is -2.08. The first-order chi connectivity index (χ1) is 14.5. The number of rotatable bonds is 4. The number of ether oxygens (including phenoxy) is 2. The number of fused-ring (bicyclic) bond motifs is 2. The van der Waals surface area contributed by atoms with Crippen molar-refractivity contribution in [1.82, 2.24) is 0 Å². The molecule has 0 bridgehead atoms. The molecule has 30 heavy (non-hydrogen) atoms. The molecule has 5 heteroatoms. The van der Waals surface area contributed by atoms with Crippen molar-refractivity contribution >= 4 is 33.3 Å². The van der Waals surface area contributed by atoms with Crippen LogP contribution < -0.4 is 9.47 Å². The van der Waals surface area contributed by atoms with Crippen LogP contribution in [0.1, 0.15) is 27.6 Å². The van der Waals surface area contributed by atoms with Gasteiger partial charge in [-0.25, -0.2) is 4.79 Å². The van der Waals surface area contributed by atoms with E-state index >= 15 is 0 Å². The number of Topliss-reactive ketones (excluding diaryl/α,β-unsaturated/α-hetero) is 1. The Labute approximate surface area is 174 Å². The van der Waals surface area contributed by atoms with E-state index in [1.165, 1.54) is 7.11 Å². The van der Waals surface area contributed by atoms with Gasteiger partial charge in [-0.05, 0) is 40.6 Å². The van der Waals surface area contributed by atoms with Crippen molar-refractivity contribution in [2.24, 2.45) is 0 Å². The van der Waals surface area contributed by atoms with Gasteiger partial charge >= 0.3 is 5.97 Å². The third kappa shape index (κ3) is 4.10. The van der Waals surface area contributed by atoms with Gasteiger partial charge in [-0.15, -0.1) is 0 Å². The van der Waals surface area contributed by atoms with E-state index in [0.29, 0.717) is 22.4 Å². The van der Waals surface area contributed by atoms with Gasteiger partial charge in [0, 0.05) is 0 Å². The van der Waals surface area contributed by atoms with Gasteiger partial charge < -0.3 is 14.6 Å². The summed E-state index contributed by atoms with van der Waals surface area (Å²) in [5.41, 5.74) is 0.881. The van der Waals surface area contributed by atoms with Crippen molar-refractivity contribution in [3.8, 4) is 11.5 Å². The fourth-order valence-electron chi connectivity index (χ4n) is 3.43. The standard InChI is InChI=1S/C13H12O2.C12H10O3/c1-9(14)13-11-6-4-3-5-10(11)7-8-12(13)15-2;1-15-10-7-6-8-4-2-3-5-9(8)11(10)12(13)14/h3-8H,1-2H3;2-7H,1H3,(H,13,14). The SMILES string of the molecule is COc1ccc2ccccc2c1C(=O)O.COc1ccc2ccccc2c1C(C)=O. The fraction of sp³-hybridized carbons (Fsp3) is 0.120. The van der Waals surface area contributed by atoms with E-state index in [1.807, 2.05) is 60.7 Å². The number of benzene rings is 4. The number of carboxylic acids is 1. The minimum atomic E-state index is -0.969. The first kappa shape index (κ1) is 20.9. The molecule has 4 aromatic rings. The average Bonchev–Trinajstić information content (AvgIpc) is 2.77. The van der Waals surface area contributed by atoms with Gasteiger partial charge in [0.25, 0.3) is 0 Å². The summed E-state index contributed by atoms with van der Waals surface area (Å²) in [5, 5.41) is 12.7. The molecule has 0 aliphatic rings. The minimum Gasteiger partial charge on any atom is -0.496 e. The minimum absolute atomic E-state index is 0.0312. The van der Waals surface area contributed by atoms with Gasteiger partial charge in [-0.2, -0.15) is 0 Å². The summed E-state index contributed by atoms with van der Waals surface area (Å²) in [6.45, 7) is 1.56. The second-order valence-corrected chi connectivity index (χ2v) is 6.59. The van der Waals surface area contributed by atoms with Gasteiger partial charge in [0.1, 0.15) is 17.1 Å². The Morgan fingerprint density at radius 3 is 1.53 bits per heavy atom. The number of hydrogen-bond acceptors (Lipinski definition) is 4. The Hall–Kier alpha value is -3.86. The van der Waals surface area contributed by atoms with Crippen molar-refractivity contribution in [3.05, 3.63) is 83.9 Å². The summed E-state index contributed by atoms with van der Waals surface area (Å²) in [6.07, 6.45) is 0. The van der Waals surface area contributed by atoms with Crippen LogP contribution in [0, 0.1) is 0 Å². The molecule has 0 aliphatic carbocycles. The summed E-state index contributed by atoms with van der Waals surface area (Å²) in [4.78, 5) is 22.7. The summed E-state index contributed by atoms with van der Waals surface area (Å²) >= 11 is 0. The van der Waals surface area contributed by atoms with Gasteiger partial charge in [0.2, 0.25) is 0 Å². The third-order valence-electron chi connectivity index (χ3n) is 4.79. The quantitative estimate of drug-likeness (QED) is 0.450. The molecule has 4 rings (SSSR count). The molecule has 0 fully saturated rings. The highest BCUT2D eigenvalue weighted by Gasteiger charge is 2.14. The second-order valence-electron chi connectivity index (χ2n) is 6.59. The van der Waals surface area contributed by atoms with Gasteiger partial charge in [0.05, 0.1) is 19.8 Å². The molecule has 0 saturated carbocycles. The maximum absolute atomic E-state index is 11.6. The van der Waals surface area contributed by atoms with Crippen molar-refractivity contribution in [3.63, 3.8) is 0 Å². The zero-order valence-corrected chi connectivity index (χ0v) is 17.0. The Kier molecular flexibility index (Phi) is 6.32. The van der Waals surface area contributed by atoms with Crippen LogP contribution in [0.3, 0.4) is 0 Å². The van der Waals surface area contributed by atoms with Crippen LogP contribution in [-0.2, 0) is 0 Å². The molecule has 0 aliphatic heterocycles. The highest BCUT2D eigenvalue weighted by Crippen LogP contribution is 2.28. The molecule has 4 aromatic carbocycles. The molecule has 0 atom stereocenters. The van der Waals surface area contributed by atoms with E-state index in [0.717, 1.165) is 16.2 Å². The molecule has 0 saturated heterocycles. The summed E-state index contributed by atoms with van der Waals surface area (Å²) in [5.74, 6) is 0.0923. The van der Waals surface area contributed by atoms with Crippen LogP contribution in [0.5, 0.6) is 11.5 Å². The first-order valence-electron chi connectivity index (χ1n) is 9.33. The number of hydrogen-bond donors (Lipinski definition) is 1. The number of carbonyl (C=O) groups is 2. The molecular formula is C25H22O5. The molecule has 1 N–H and O–H groups in total. The second kappa shape index (κ2) is 9.09. The van der Waals surface area contributed by atoms with E-state index in [1.54, 1.807) is 26.2 Å². The van der Waals surface area contributed by atoms with E-state index in [4.69, 9.17) is 14.6 Å². The summed E-state index contributed by atoms with van der Waals surface area (Å²) in [7, 11) is 3.05.